The standard InChI is InChI=1S/C54H35NO/c1-3-14-36(15-4-1)37-26-30-41(31-27-37)55(42-32-28-39(29-33-42)48-34-40-18-7-8-19-43(40)44-20-9-10-21-45(44)48)51-24-13-25-52-53(51)50-35-49(38-16-5-2-6-17-38)46-22-11-12-23-47(46)54(50)56-52/h1-35H. The maximum atomic E-state index is 6.82. The predicted octanol–water partition coefficient (Wildman–Crippen LogP) is 15.5. The maximum Gasteiger partial charge on any atom is 0.143 e. The number of hydrogen-bond donors (Lipinski definition) is 0. The number of benzene rings is 10. The lowest BCUT2D eigenvalue weighted by Crippen LogP contribution is -2.10. The van der Waals surface area contributed by atoms with Crippen molar-refractivity contribution in [2.45, 2.75) is 0 Å². The van der Waals surface area contributed by atoms with Crippen molar-refractivity contribution in [3.8, 4) is 33.4 Å². The Hall–Kier alpha value is -7.42. The zero-order valence-electron chi connectivity index (χ0n) is 30.6. The molecular weight excluding hydrogens is 679 g/mol. The van der Waals surface area contributed by atoms with Gasteiger partial charge in [0.2, 0.25) is 0 Å². The number of nitrogens with zero attached hydrogens (tertiary/aromatic N) is 1. The van der Waals surface area contributed by atoms with Crippen molar-refractivity contribution in [3.05, 3.63) is 212 Å². The summed E-state index contributed by atoms with van der Waals surface area (Å²) in [5.41, 5.74) is 12.1. The Bertz CT molecular complexity index is 3220. The summed E-state index contributed by atoms with van der Waals surface area (Å²) in [6.07, 6.45) is 0. The fraction of sp³-hybridized carbons (Fsp3) is 0. The number of fused-ring (bicyclic) bond motifs is 8. The number of hydrogen-bond acceptors (Lipinski definition) is 2. The first-order chi connectivity index (χ1) is 27.8. The van der Waals surface area contributed by atoms with Crippen LogP contribution in [0, 0.1) is 0 Å². The second kappa shape index (κ2) is 13.2. The average Bonchev–Trinajstić information content (AvgIpc) is 3.67. The van der Waals surface area contributed by atoms with Crippen LogP contribution in [0.15, 0.2) is 217 Å². The van der Waals surface area contributed by atoms with Gasteiger partial charge >= 0.3 is 0 Å². The van der Waals surface area contributed by atoms with Gasteiger partial charge < -0.3 is 9.32 Å². The van der Waals surface area contributed by atoms with Crippen molar-refractivity contribution in [2.24, 2.45) is 0 Å². The molecule has 0 spiro atoms. The second-order valence-electron chi connectivity index (χ2n) is 14.5. The Labute approximate surface area is 325 Å². The normalized spacial score (nSPS) is 11.6. The lowest BCUT2D eigenvalue weighted by atomic mass is 9.93. The van der Waals surface area contributed by atoms with Gasteiger partial charge in [-0.15, -0.1) is 0 Å². The fourth-order valence-corrected chi connectivity index (χ4v) is 8.62. The van der Waals surface area contributed by atoms with Gasteiger partial charge in [0, 0.05) is 22.1 Å². The van der Waals surface area contributed by atoms with E-state index in [0.29, 0.717) is 0 Å². The van der Waals surface area contributed by atoms with Gasteiger partial charge in [0.1, 0.15) is 11.2 Å². The largest absolute Gasteiger partial charge is 0.455 e. The van der Waals surface area contributed by atoms with E-state index in [1.807, 2.05) is 0 Å². The number of rotatable bonds is 6. The van der Waals surface area contributed by atoms with Crippen molar-refractivity contribution >= 4 is 71.3 Å². The molecule has 1 heterocycles. The van der Waals surface area contributed by atoms with E-state index in [9.17, 15) is 0 Å². The lowest BCUT2D eigenvalue weighted by Gasteiger charge is -2.27. The third kappa shape index (κ3) is 5.26. The van der Waals surface area contributed by atoms with Crippen molar-refractivity contribution < 1.29 is 4.42 Å². The molecule has 0 radical (unpaired) electrons. The summed E-state index contributed by atoms with van der Waals surface area (Å²) in [5.74, 6) is 0. The molecule has 0 aliphatic rings. The van der Waals surface area contributed by atoms with Crippen LogP contribution >= 0.6 is 0 Å². The Morgan fingerprint density at radius 2 is 0.821 bits per heavy atom. The maximum absolute atomic E-state index is 6.82. The molecule has 0 aliphatic carbocycles. The van der Waals surface area contributed by atoms with Crippen molar-refractivity contribution in [1.29, 1.82) is 0 Å². The average molecular weight is 714 g/mol. The molecule has 1 aromatic heterocycles. The highest BCUT2D eigenvalue weighted by molar-refractivity contribution is 6.22. The van der Waals surface area contributed by atoms with E-state index in [4.69, 9.17) is 4.42 Å². The summed E-state index contributed by atoms with van der Waals surface area (Å²) in [6.45, 7) is 0. The van der Waals surface area contributed by atoms with Crippen molar-refractivity contribution in [3.63, 3.8) is 0 Å². The van der Waals surface area contributed by atoms with Crippen LogP contribution in [0.3, 0.4) is 0 Å². The lowest BCUT2D eigenvalue weighted by molar-refractivity contribution is 0.672. The molecule has 262 valence electrons. The molecule has 0 saturated carbocycles. The Morgan fingerprint density at radius 3 is 1.52 bits per heavy atom. The highest BCUT2D eigenvalue weighted by atomic mass is 16.3. The summed E-state index contributed by atoms with van der Waals surface area (Å²) >= 11 is 0. The summed E-state index contributed by atoms with van der Waals surface area (Å²) in [6, 6.07) is 76.3. The number of furan rings is 1. The van der Waals surface area contributed by atoms with E-state index < -0.39 is 0 Å². The van der Waals surface area contributed by atoms with Gasteiger partial charge in [0.05, 0.1) is 11.1 Å². The zero-order chi connectivity index (χ0) is 37.0. The molecule has 2 heteroatoms. The van der Waals surface area contributed by atoms with Crippen molar-refractivity contribution in [2.75, 3.05) is 4.90 Å². The van der Waals surface area contributed by atoms with Crippen LogP contribution in [0.2, 0.25) is 0 Å². The van der Waals surface area contributed by atoms with E-state index >= 15 is 0 Å². The van der Waals surface area contributed by atoms with Crippen LogP contribution in [0.5, 0.6) is 0 Å². The molecule has 0 fully saturated rings. The molecule has 2 nitrogen and oxygen atoms in total. The molecule has 0 unspecified atom stereocenters. The van der Waals surface area contributed by atoms with Gasteiger partial charge in [-0.1, -0.05) is 164 Å². The minimum atomic E-state index is 0.859. The Balaban J connectivity index is 1.13. The molecular formula is C54H35NO. The van der Waals surface area contributed by atoms with Crippen LogP contribution in [-0.4, -0.2) is 0 Å². The van der Waals surface area contributed by atoms with Crippen LogP contribution in [0.25, 0.3) is 87.6 Å². The quantitative estimate of drug-likeness (QED) is 0.160. The van der Waals surface area contributed by atoms with Gasteiger partial charge in [-0.2, -0.15) is 0 Å². The highest BCUT2D eigenvalue weighted by Gasteiger charge is 2.22. The Kier molecular flexibility index (Phi) is 7.53. The third-order valence-corrected chi connectivity index (χ3v) is 11.2. The first-order valence-corrected chi connectivity index (χ1v) is 19.2. The van der Waals surface area contributed by atoms with Gasteiger partial charge in [-0.05, 0) is 109 Å². The molecule has 11 aromatic rings. The van der Waals surface area contributed by atoms with Crippen LogP contribution in [0.1, 0.15) is 0 Å². The molecule has 11 rings (SSSR count). The SMILES string of the molecule is c1ccc(-c2ccc(N(c3ccc(-c4cc5ccccc5c5ccccc45)cc3)c3cccc4oc5c6ccccc6c(-c6ccccc6)cc5c34)cc2)cc1. The molecule has 0 atom stereocenters. The van der Waals surface area contributed by atoms with Crippen LogP contribution in [-0.2, 0) is 0 Å². The van der Waals surface area contributed by atoms with E-state index in [2.05, 4.69) is 217 Å². The molecule has 56 heavy (non-hydrogen) atoms. The molecule has 0 aliphatic heterocycles. The molecule has 0 N–H and O–H groups in total. The van der Waals surface area contributed by atoms with E-state index in [0.717, 1.165) is 44.4 Å². The summed E-state index contributed by atoms with van der Waals surface area (Å²) in [4.78, 5) is 2.38. The Morgan fingerprint density at radius 1 is 0.321 bits per heavy atom. The minimum Gasteiger partial charge on any atom is -0.455 e. The minimum absolute atomic E-state index is 0.859. The smallest absolute Gasteiger partial charge is 0.143 e. The zero-order valence-corrected chi connectivity index (χ0v) is 30.6. The summed E-state index contributed by atoms with van der Waals surface area (Å²) in [7, 11) is 0. The highest BCUT2D eigenvalue weighted by Crippen LogP contribution is 2.47. The van der Waals surface area contributed by atoms with Gasteiger partial charge in [0.25, 0.3) is 0 Å². The predicted molar refractivity (Wildman–Crippen MR) is 237 cm³/mol. The monoisotopic (exact) mass is 713 g/mol. The topological polar surface area (TPSA) is 16.4 Å². The molecule has 10 aromatic carbocycles. The van der Waals surface area contributed by atoms with E-state index in [1.54, 1.807) is 0 Å². The fourth-order valence-electron chi connectivity index (χ4n) is 8.62. The van der Waals surface area contributed by atoms with Gasteiger partial charge in [-0.3, -0.25) is 0 Å². The third-order valence-electron chi connectivity index (χ3n) is 11.2. The summed E-state index contributed by atoms with van der Waals surface area (Å²) < 4.78 is 6.82. The second-order valence-corrected chi connectivity index (χ2v) is 14.5. The van der Waals surface area contributed by atoms with Crippen LogP contribution in [0.4, 0.5) is 17.1 Å². The number of anilines is 3. The molecule has 0 amide bonds. The van der Waals surface area contributed by atoms with Gasteiger partial charge in [0.15, 0.2) is 0 Å². The first kappa shape index (κ1) is 32.0. The van der Waals surface area contributed by atoms with Gasteiger partial charge in [-0.25, -0.2) is 0 Å². The van der Waals surface area contributed by atoms with E-state index in [1.165, 1.54) is 60.3 Å². The van der Waals surface area contributed by atoms with Crippen molar-refractivity contribution in [1.82, 2.24) is 0 Å². The van der Waals surface area contributed by atoms with E-state index in [-0.39, 0.29) is 0 Å². The summed E-state index contributed by atoms with van der Waals surface area (Å²) in [5, 5.41) is 9.51. The van der Waals surface area contributed by atoms with Crippen LogP contribution < -0.4 is 4.90 Å². The molecule has 0 bridgehead atoms. The molecule has 0 saturated heterocycles. The first-order valence-electron chi connectivity index (χ1n) is 19.2.